The van der Waals surface area contributed by atoms with Crippen molar-refractivity contribution in [3.8, 4) is 5.75 Å². The molecule has 0 aliphatic carbocycles. The van der Waals surface area contributed by atoms with Crippen molar-refractivity contribution in [1.29, 1.82) is 0 Å². The molecule has 24 heavy (non-hydrogen) atoms. The van der Waals surface area contributed by atoms with Gasteiger partial charge in [0.05, 0.1) is 13.2 Å². The van der Waals surface area contributed by atoms with Gasteiger partial charge in [-0.25, -0.2) is 4.98 Å². The van der Waals surface area contributed by atoms with Crippen molar-refractivity contribution >= 4 is 17.5 Å². The first-order chi connectivity index (χ1) is 11.6. The molecular formula is C17H20N4O3. The summed E-state index contributed by atoms with van der Waals surface area (Å²) in [5, 5.41) is 2.92. The first-order valence-corrected chi connectivity index (χ1v) is 7.78. The third-order valence-corrected chi connectivity index (χ3v) is 4.11. The standard InChI is InChI=1S/C17H20N4O3/c1-12-18-7-8-20(12)11-16(22)19-13-9-17(23)21(10-13)14-3-5-15(24-2)6-4-14/h3-8,13H,9-11H2,1-2H3,(H,19,22). The number of amides is 2. The van der Waals surface area contributed by atoms with Gasteiger partial charge < -0.3 is 19.5 Å². The van der Waals surface area contributed by atoms with Crippen LogP contribution in [0.5, 0.6) is 5.75 Å². The van der Waals surface area contributed by atoms with E-state index in [0.717, 1.165) is 17.3 Å². The highest BCUT2D eigenvalue weighted by Gasteiger charge is 2.31. The maximum Gasteiger partial charge on any atom is 0.240 e. The highest BCUT2D eigenvalue weighted by Crippen LogP contribution is 2.24. The van der Waals surface area contributed by atoms with Crippen LogP contribution in [0.4, 0.5) is 5.69 Å². The number of ether oxygens (including phenoxy) is 1. The number of hydrogen-bond acceptors (Lipinski definition) is 4. The van der Waals surface area contributed by atoms with Gasteiger partial charge >= 0.3 is 0 Å². The summed E-state index contributed by atoms with van der Waals surface area (Å²) >= 11 is 0. The maximum absolute atomic E-state index is 12.2. The van der Waals surface area contributed by atoms with Crippen LogP contribution in [0.15, 0.2) is 36.7 Å². The Morgan fingerprint density at radius 1 is 1.38 bits per heavy atom. The topological polar surface area (TPSA) is 76.5 Å². The van der Waals surface area contributed by atoms with Gasteiger partial charge in [0.25, 0.3) is 0 Å². The van der Waals surface area contributed by atoms with E-state index >= 15 is 0 Å². The van der Waals surface area contributed by atoms with Crippen LogP contribution in [0.2, 0.25) is 0 Å². The molecule has 1 saturated heterocycles. The molecule has 1 atom stereocenters. The van der Waals surface area contributed by atoms with Gasteiger partial charge in [0.2, 0.25) is 11.8 Å². The number of nitrogens with zero attached hydrogens (tertiary/aromatic N) is 3. The molecule has 1 aromatic carbocycles. The van der Waals surface area contributed by atoms with Crippen molar-refractivity contribution < 1.29 is 14.3 Å². The van der Waals surface area contributed by atoms with E-state index in [1.807, 2.05) is 31.2 Å². The molecule has 7 nitrogen and oxygen atoms in total. The van der Waals surface area contributed by atoms with Crippen LogP contribution < -0.4 is 15.0 Å². The molecular weight excluding hydrogens is 308 g/mol. The monoisotopic (exact) mass is 328 g/mol. The van der Waals surface area contributed by atoms with Gasteiger partial charge in [-0.15, -0.1) is 0 Å². The predicted molar refractivity (Wildman–Crippen MR) is 88.9 cm³/mol. The van der Waals surface area contributed by atoms with Crippen LogP contribution in [0.3, 0.4) is 0 Å². The number of imidazole rings is 1. The molecule has 3 rings (SSSR count). The third-order valence-electron chi connectivity index (χ3n) is 4.11. The molecule has 2 heterocycles. The second-order valence-electron chi connectivity index (χ2n) is 5.77. The van der Waals surface area contributed by atoms with Gasteiger partial charge in [0, 0.05) is 31.0 Å². The summed E-state index contributed by atoms with van der Waals surface area (Å²) in [5.41, 5.74) is 0.808. The highest BCUT2D eigenvalue weighted by atomic mass is 16.5. The molecule has 2 aromatic rings. The van der Waals surface area contributed by atoms with Gasteiger partial charge in [-0.05, 0) is 31.2 Å². The molecule has 1 fully saturated rings. The largest absolute Gasteiger partial charge is 0.497 e. The smallest absolute Gasteiger partial charge is 0.240 e. The van der Waals surface area contributed by atoms with Gasteiger partial charge in [-0.3, -0.25) is 9.59 Å². The fourth-order valence-electron chi connectivity index (χ4n) is 2.81. The van der Waals surface area contributed by atoms with Gasteiger partial charge in [0.1, 0.15) is 18.1 Å². The molecule has 7 heteroatoms. The summed E-state index contributed by atoms with van der Waals surface area (Å²) in [6.07, 6.45) is 3.73. The van der Waals surface area contributed by atoms with Crippen molar-refractivity contribution in [1.82, 2.24) is 14.9 Å². The highest BCUT2D eigenvalue weighted by molar-refractivity contribution is 5.96. The number of hydrogen-bond donors (Lipinski definition) is 1. The number of methoxy groups -OCH3 is 1. The fraction of sp³-hybridized carbons (Fsp3) is 0.353. The lowest BCUT2D eigenvalue weighted by Crippen LogP contribution is -2.39. The number of rotatable bonds is 5. The van der Waals surface area contributed by atoms with Crippen LogP contribution in [-0.2, 0) is 16.1 Å². The molecule has 0 spiro atoms. The lowest BCUT2D eigenvalue weighted by Gasteiger charge is -2.17. The zero-order valence-electron chi connectivity index (χ0n) is 13.7. The first kappa shape index (κ1) is 16.0. The summed E-state index contributed by atoms with van der Waals surface area (Å²) in [5.74, 6) is 1.41. The minimum absolute atomic E-state index is 0.00396. The van der Waals surface area contributed by atoms with E-state index in [0.29, 0.717) is 13.0 Å². The van der Waals surface area contributed by atoms with Crippen LogP contribution in [-0.4, -0.2) is 41.1 Å². The van der Waals surface area contributed by atoms with Gasteiger partial charge in [-0.2, -0.15) is 0 Å². The summed E-state index contributed by atoms with van der Waals surface area (Å²) in [7, 11) is 1.60. The minimum Gasteiger partial charge on any atom is -0.497 e. The third kappa shape index (κ3) is 3.40. The van der Waals surface area contributed by atoms with E-state index in [-0.39, 0.29) is 24.4 Å². The van der Waals surface area contributed by atoms with E-state index in [9.17, 15) is 9.59 Å². The van der Waals surface area contributed by atoms with Crippen molar-refractivity contribution in [2.45, 2.75) is 25.9 Å². The maximum atomic E-state index is 12.2. The molecule has 2 amide bonds. The summed E-state index contributed by atoms with van der Waals surface area (Å²) in [6.45, 7) is 2.52. The predicted octanol–water partition coefficient (Wildman–Crippen LogP) is 1.12. The van der Waals surface area contributed by atoms with Gasteiger partial charge in [-0.1, -0.05) is 0 Å². The Hall–Kier alpha value is -2.83. The average Bonchev–Trinajstić information content (AvgIpc) is 3.13. The fourth-order valence-corrected chi connectivity index (χ4v) is 2.81. The van der Waals surface area contributed by atoms with E-state index in [1.165, 1.54) is 0 Å². The van der Waals surface area contributed by atoms with Crippen LogP contribution in [0.1, 0.15) is 12.2 Å². The second-order valence-corrected chi connectivity index (χ2v) is 5.77. The summed E-state index contributed by atoms with van der Waals surface area (Å²) < 4.78 is 6.90. The van der Waals surface area contributed by atoms with Crippen molar-refractivity contribution in [2.75, 3.05) is 18.6 Å². The van der Waals surface area contributed by atoms with Crippen LogP contribution in [0, 0.1) is 6.92 Å². The molecule has 1 aromatic heterocycles. The van der Waals surface area contributed by atoms with Crippen molar-refractivity contribution in [2.24, 2.45) is 0 Å². The molecule has 0 saturated carbocycles. The average molecular weight is 328 g/mol. The summed E-state index contributed by atoms with van der Waals surface area (Å²) in [4.78, 5) is 30.1. The van der Waals surface area contributed by atoms with E-state index in [4.69, 9.17) is 4.74 Å². The number of nitrogens with one attached hydrogen (secondary N) is 1. The number of anilines is 1. The molecule has 0 bridgehead atoms. The zero-order chi connectivity index (χ0) is 17.1. The Bertz CT molecular complexity index is 739. The number of aromatic nitrogens is 2. The molecule has 1 aliphatic rings. The SMILES string of the molecule is COc1ccc(N2CC(NC(=O)Cn3ccnc3C)CC2=O)cc1. The number of carbonyl (C=O) groups is 2. The molecule has 1 aliphatic heterocycles. The van der Waals surface area contributed by atoms with Crippen molar-refractivity contribution in [3.05, 3.63) is 42.5 Å². The Balaban J connectivity index is 1.59. The molecule has 0 radical (unpaired) electrons. The second kappa shape index (κ2) is 6.74. The minimum atomic E-state index is -0.184. The normalized spacial score (nSPS) is 17.2. The number of aryl methyl sites for hydroxylation is 1. The summed E-state index contributed by atoms with van der Waals surface area (Å²) in [6, 6.07) is 7.13. The quantitative estimate of drug-likeness (QED) is 0.892. The van der Waals surface area contributed by atoms with E-state index in [2.05, 4.69) is 10.3 Å². The molecule has 1 N–H and O–H groups in total. The Morgan fingerprint density at radius 3 is 2.75 bits per heavy atom. The lowest BCUT2D eigenvalue weighted by molar-refractivity contribution is -0.122. The van der Waals surface area contributed by atoms with E-state index < -0.39 is 0 Å². The number of benzene rings is 1. The van der Waals surface area contributed by atoms with E-state index in [1.54, 1.807) is 29.0 Å². The zero-order valence-corrected chi connectivity index (χ0v) is 13.7. The van der Waals surface area contributed by atoms with Crippen LogP contribution >= 0.6 is 0 Å². The molecule has 1 unspecified atom stereocenters. The Kier molecular flexibility index (Phi) is 4.50. The van der Waals surface area contributed by atoms with Crippen LogP contribution in [0.25, 0.3) is 0 Å². The first-order valence-electron chi connectivity index (χ1n) is 7.78. The van der Waals surface area contributed by atoms with Gasteiger partial charge in [0.15, 0.2) is 0 Å². The number of carbonyl (C=O) groups excluding carboxylic acids is 2. The Morgan fingerprint density at radius 2 is 2.12 bits per heavy atom. The molecule has 126 valence electrons. The Labute approximate surface area is 140 Å². The lowest BCUT2D eigenvalue weighted by atomic mass is 10.2. The van der Waals surface area contributed by atoms with Crippen molar-refractivity contribution in [3.63, 3.8) is 0 Å².